The Bertz CT molecular complexity index is 647. The third kappa shape index (κ3) is 9.69. The van der Waals surface area contributed by atoms with Crippen LogP contribution in [-0.2, 0) is 4.79 Å². The summed E-state index contributed by atoms with van der Waals surface area (Å²) in [4.78, 5) is 34.7. The standard InChI is InChI=1S/C14H21N3O2S.C5H10N2O.C2H6/c1-9(2)12-7-10(8-18)13(20-12)17-14(19)16-11-3-5-15-6-4-11;8-5-1-2-6-3-4-7-5;1-2/h7-9,11,15H,3-6H2,1-2H3,(H2,16,17,19);6H,1-4H2,(H,7,8);1-2H3. The smallest absolute Gasteiger partial charge is 0.320 e. The second-order valence-corrected chi connectivity index (χ2v) is 8.26. The van der Waals surface area contributed by atoms with Crippen molar-refractivity contribution < 1.29 is 14.4 Å². The molecule has 2 fully saturated rings. The van der Waals surface area contributed by atoms with Gasteiger partial charge in [0.25, 0.3) is 0 Å². The van der Waals surface area contributed by atoms with Gasteiger partial charge in [0.05, 0.1) is 0 Å². The molecule has 2 saturated heterocycles. The minimum absolute atomic E-state index is 0.162. The van der Waals surface area contributed by atoms with Gasteiger partial charge in [-0.1, -0.05) is 27.7 Å². The lowest BCUT2D eigenvalue weighted by Gasteiger charge is -2.23. The van der Waals surface area contributed by atoms with E-state index in [1.54, 1.807) is 0 Å². The van der Waals surface area contributed by atoms with Gasteiger partial charge in [-0.2, -0.15) is 0 Å². The third-order valence-electron chi connectivity index (χ3n) is 4.53. The Hall–Kier alpha value is -1.97. The van der Waals surface area contributed by atoms with E-state index < -0.39 is 0 Å². The number of amides is 3. The summed E-state index contributed by atoms with van der Waals surface area (Å²) in [6.07, 6.45) is 3.30. The quantitative estimate of drug-likeness (QED) is 0.463. The van der Waals surface area contributed by atoms with Crippen molar-refractivity contribution in [2.45, 2.75) is 58.9 Å². The number of nitrogens with one attached hydrogen (secondary N) is 5. The summed E-state index contributed by atoms with van der Waals surface area (Å²) < 4.78 is 0. The third-order valence-corrected chi connectivity index (χ3v) is 5.90. The predicted octanol–water partition coefficient (Wildman–Crippen LogP) is 2.68. The SMILES string of the molecule is CC.CC(C)c1cc(C=O)c(NC(=O)NC2CCNCC2)s1.O=C1CCNCCN1. The van der Waals surface area contributed by atoms with Gasteiger partial charge in [0.1, 0.15) is 5.00 Å². The van der Waals surface area contributed by atoms with E-state index in [2.05, 4.69) is 40.4 Å². The fourth-order valence-corrected chi connectivity index (χ4v) is 3.92. The van der Waals surface area contributed by atoms with Crippen LogP contribution >= 0.6 is 11.3 Å². The lowest BCUT2D eigenvalue weighted by atomic mass is 10.1. The first kappa shape index (κ1) is 26.1. The van der Waals surface area contributed by atoms with E-state index in [-0.39, 0.29) is 18.0 Å². The maximum Gasteiger partial charge on any atom is 0.320 e. The number of carbonyl (C=O) groups excluding carboxylic acids is 3. The highest BCUT2D eigenvalue weighted by molar-refractivity contribution is 7.16. The van der Waals surface area contributed by atoms with Gasteiger partial charge in [-0.05, 0) is 37.9 Å². The molecule has 2 aliphatic heterocycles. The number of carbonyl (C=O) groups is 3. The highest BCUT2D eigenvalue weighted by Crippen LogP contribution is 2.31. The Morgan fingerprint density at radius 3 is 2.43 bits per heavy atom. The molecule has 0 bridgehead atoms. The first-order valence-electron chi connectivity index (χ1n) is 10.8. The molecule has 1 aromatic rings. The number of anilines is 1. The molecule has 30 heavy (non-hydrogen) atoms. The van der Waals surface area contributed by atoms with Crippen molar-refractivity contribution in [2.75, 3.05) is 38.0 Å². The van der Waals surface area contributed by atoms with Crippen molar-refractivity contribution in [1.29, 1.82) is 0 Å². The van der Waals surface area contributed by atoms with Crippen LogP contribution in [0.1, 0.15) is 68.1 Å². The minimum Gasteiger partial charge on any atom is -0.355 e. The van der Waals surface area contributed by atoms with Crippen LogP contribution in [0.2, 0.25) is 0 Å². The van der Waals surface area contributed by atoms with Crippen molar-refractivity contribution in [1.82, 2.24) is 21.3 Å². The van der Waals surface area contributed by atoms with Crippen LogP contribution in [-0.4, -0.2) is 57.0 Å². The van der Waals surface area contributed by atoms with Gasteiger partial charge in [-0.3, -0.25) is 14.9 Å². The fraction of sp³-hybridized carbons (Fsp3) is 0.667. The van der Waals surface area contributed by atoms with Crippen molar-refractivity contribution in [2.24, 2.45) is 0 Å². The molecule has 3 heterocycles. The number of aldehydes is 1. The average Bonchev–Trinajstić information content (AvgIpc) is 3.00. The molecule has 0 aliphatic carbocycles. The molecule has 3 amide bonds. The molecule has 170 valence electrons. The summed E-state index contributed by atoms with van der Waals surface area (Å²) in [6, 6.07) is 1.83. The van der Waals surface area contributed by atoms with Crippen LogP contribution in [0.5, 0.6) is 0 Å². The van der Waals surface area contributed by atoms with Crippen LogP contribution < -0.4 is 26.6 Å². The van der Waals surface area contributed by atoms with E-state index in [1.165, 1.54) is 11.3 Å². The monoisotopic (exact) mass is 439 g/mol. The average molecular weight is 440 g/mol. The highest BCUT2D eigenvalue weighted by Gasteiger charge is 2.17. The Kier molecular flexibility index (Phi) is 13.0. The summed E-state index contributed by atoms with van der Waals surface area (Å²) >= 11 is 1.47. The Labute approximate surface area is 184 Å². The zero-order valence-electron chi connectivity index (χ0n) is 18.6. The van der Waals surface area contributed by atoms with E-state index in [0.29, 0.717) is 22.9 Å². The first-order chi connectivity index (χ1) is 14.5. The maximum absolute atomic E-state index is 12.0. The van der Waals surface area contributed by atoms with Crippen LogP contribution in [0.3, 0.4) is 0 Å². The Morgan fingerprint density at radius 2 is 1.80 bits per heavy atom. The van der Waals surface area contributed by atoms with Crippen molar-refractivity contribution in [3.8, 4) is 0 Å². The van der Waals surface area contributed by atoms with Crippen LogP contribution in [0, 0.1) is 0 Å². The molecule has 0 saturated carbocycles. The van der Waals surface area contributed by atoms with E-state index in [4.69, 9.17) is 0 Å². The van der Waals surface area contributed by atoms with E-state index >= 15 is 0 Å². The molecular weight excluding hydrogens is 402 g/mol. The lowest BCUT2D eigenvalue weighted by Crippen LogP contribution is -2.44. The summed E-state index contributed by atoms with van der Waals surface area (Å²) in [5.41, 5.74) is 0.555. The van der Waals surface area contributed by atoms with Gasteiger partial charge in [-0.15, -0.1) is 11.3 Å². The van der Waals surface area contributed by atoms with Crippen LogP contribution in [0.4, 0.5) is 9.80 Å². The topological polar surface area (TPSA) is 111 Å². The van der Waals surface area contributed by atoms with Gasteiger partial charge < -0.3 is 21.3 Å². The molecule has 0 aromatic carbocycles. The molecule has 0 spiro atoms. The number of piperidine rings is 1. The number of thiophene rings is 1. The second-order valence-electron chi connectivity index (χ2n) is 7.18. The summed E-state index contributed by atoms with van der Waals surface area (Å²) in [6.45, 7) is 12.5. The van der Waals surface area contributed by atoms with Gasteiger partial charge in [0, 0.05) is 42.5 Å². The number of hydrogen-bond donors (Lipinski definition) is 5. The van der Waals surface area contributed by atoms with Gasteiger partial charge in [0.2, 0.25) is 5.91 Å². The molecule has 3 rings (SSSR count). The Morgan fingerprint density at radius 1 is 1.13 bits per heavy atom. The molecule has 2 aliphatic rings. The van der Waals surface area contributed by atoms with E-state index in [9.17, 15) is 14.4 Å². The van der Waals surface area contributed by atoms with Crippen molar-refractivity contribution in [3.63, 3.8) is 0 Å². The summed E-state index contributed by atoms with van der Waals surface area (Å²) in [5.74, 6) is 0.511. The van der Waals surface area contributed by atoms with E-state index in [1.807, 2.05) is 19.9 Å². The molecule has 9 heteroatoms. The molecule has 5 N–H and O–H groups in total. The number of urea groups is 1. The lowest BCUT2D eigenvalue weighted by molar-refractivity contribution is -0.120. The fourth-order valence-electron chi connectivity index (χ4n) is 2.89. The summed E-state index contributed by atoms with van der Waals surface area (Å²) in [7, 11) is 0. The highest BCUT2D eigenvalue weighted by atomic mass is 32.1. The van der Waals surface area contributed by atoms with Crippen LogP contribution in [0.25, 0.3) is 0 Å². The first-order valence-corrected chi connectivity index (χ1v) is 11.7. The van der Waals surface area contributed by atoms with Crippen molar-refractivity contribution in [3.05, 3.63) is 16.5 Å². The zero-order chi connectivity index (χ0) is 22.4. The molecule has 0 unspecified atom stereocenters. The van der Waals surface area contributed by atoms with Gasteiger partial charge in [-0.25, -0.2) is 4.79 Å². The molecular formula is C21H37N5O3S. The zero-order valence-corrected chi connectivity index (χ0v) is 19.4. The normalized spacial score (nSPS) is 16.8. The molecule has 0 atom stereocenters. The summed E-state index contributed by atoms with van der Waals surface area (Å²) in [5, 5.41) is 15.5. The van der Waals surface area contributed by atoms with Crippen molar-refractivity contribution >= 4 is 34.6 Å². The number of rotatable bonds is 4. The van der Waals surface area contributed by atoms with Crippen LogP contribution in [0.15, 0.2) is 6.07 Å². The largest absolute Gasteiger partial charge is 0.355 e. The van der Waals surface area contributed by atoms with Gasteiger partial charge in [0.15, 0.2) is 6.29 Å². The number of hydrogen-bond acceptors (Lipinski definition) is 6. The maximum atomic E-state index is 12.0. The minimum atomic E-state index is -0.225. The Balaban J connectivity index is 0.000000375. The molecule has 8 nitrogen and oxygen atoms in total. The molecule has 1 aromatic heterocycles. The predicted molar refractivity (Wildman–Crippen MR) is 124 cm³/mol. The van der Waals surface area contributed by atoms with Gasteiger partial charge >= 0.3 is 6.03 Å². The van der Waals surface area contributed by atoms with E-state index in [0.717, 1.165) is 56.7 Å². The molecule has 0 radical (unpaired) electrons. The second kappa shape index (κ2) is 14.9.